The summed E-state index contributed by atoms with van der Waals surface area (Å²) in [5, 5.41) is 29.3. The Morgan fingerprint density at radius 3 is 0.921 bits per heavy atom. The molecule has 170 valence electrons. The van der Waals surface area contributed by atoms with Crippen LogP contribution in [-0.4, -0.2) is 0 Å². The molecule has 2 aliphatic carbocycles. The van der Waals surface area contributed by atoms with Gasteiger partial charge in [0.05, 0.1) is 11.1 Å². The van der Waals surface area contributed by atoms with Crippen LogP contribution in [0.5, 0.6) is 0 Å². The van der Waals surface area contributed by atoms with Gasteiger partial charge in [0, 0.05) is 21.5 Å². The summed E-state index contributed by atoms with van der Waals surface area (Å²) >= 11 is 0. The molecule has 0 radical (unpaired) electrons. The minimum atomic E-state index is 0.630. The standard InChI is InChI=1S/C36H16N2/c37-17-33-29-13-25-21-9-1-5-19-6-2-10-22(35(19)21)26(25)14-30(29)34(18-38)32-16-28-24-12-4-8-20-7-3-11-23(36(20)24)27(28)15-31(32)33/h1-16H. The van der Waals surface area contributed by atoms with Crippen LogP contribution < -0.4 is 0 Å². The topological polar surface area (TPSA) is 47.6 Å². The Labute approximate surface area is 218 Å². The van der Waals surface area contributed by atoms with Crippen molar-refractivity contribution in [2.45, 2.75) is 0 Å². The van der Waals surface area contributed by atoms with Gasteiger partial charge >= 0.3 is 0 Å². The molecule has 0 fully saturated rings. The van der Waals surface area contributed by atoms with Gasteiger partial charge in [-0.3, -0.25) is 0 Å². The van der Waals surface area contributed by atoms with Crippen LogP contribution in [0.1, 0.15) is 11.1 Å². The van der Waals surface area contributed by atoms with Gasteiger partial charge in [-0.15, -0.1) is 0 Å². The highest BCUT2D eigenvalue weighted by molar-refractivity contribution is 6.22. The summed E-state index contributed by atoms with van der Waals surface area (Å²) in [5.41, 5.74) is 10.5. The lowest BCUT2D eigenvalue weighted by atomic mass is 9.87. The van der Waals surface area contributed by atoms with Crippen LogP contribution in [0.2, 0.25) is 0 Å². The van der Waals surface area contributed by atoms with Gasteiger partial charge in [-0.2, -0.15) is 10.5 Å². The van der Waals surface area contributed by atoms with Gasteiger partial charge in [-0.25, -0.2) is 0 Å². The predicted octanol–water partition coefficient (Wildman–Crippen LogP) is 9.34. The highest BCUT2D eigenvalue weighted by atomic mass is 14.3. The maximum atomic E-state index is 10.5. The molecular weight excluding hydrogens is 460 g/mol. The molecule has 9 rings (SSSR count). The smallest absolute Gasteiger partial charge is 0.100 e. The van der Waals surface area contributed by atoms with Crippen molar-refractivity contribution in [1.82, 2.24) is 0 Å². The molecule has 2 heteroatoms. The summed E-state index contributed by atoms with van der Waals surface area (Å²) < 4.78 is 0. The zero-order valence-electron chi connectivity index (χ0n) is 20.1. The Bertz CT molecular complexity index is 2050. The SMILES string of the molecule is N#Cc1c2cc3c(cc2c(C#N)c2cc4c(cc12)-c1cccc2cccc-4c12)-c1cccc2cccc-3c12. The molecule has 2 aliphatic rings. The fraction of sp³-hybridized carbons (Fsp3) is 0. The van der Waals surface area contributed by atoms with E-state index in [0.29, 0.717) is 11.1 Å². The predicted molar refractivity (Wildman–Crippen MR) is 155 cm³/mol. The highest BCUT2D eigenvalue weighted by Crippen LogP contribution is 2.52. The molecular formula is C36H16N2. The minimum absolute atomic E-state index is 0.630. The van der Waals surface area contributed by atoms with E-state index in [1.54, 1.807) is 0 Å². The van der Waals surface area contributed by atoms with E-state index < -0.39 is 0 Å². The summed E-state index contributed by atoms with van der Waals surface area (Å²) in [6.45, 7) is 0. The fourth-order valence-electron chi connectivity index (χ4n) is 7.03. The molecule has 0 aliphatic heterocycles. The Hall–Kier alpha value is -5.44. The summed E-state index contributed by atoms with van der Waals surface area (Å²) in [6, 6.07) is 39.2. The number of nitrogens with zero attached hydrogens (tertiary/aromatic N) is 2. The van der Waals surface area contributed by atoms with Crippen molar-refractivity contribution in [3.63, 3.8) is 0 Å². The second-order valence-corrected chi connectivity index (χ2v) is 10.3. The summed E-state index contributed by atoms with van der Waals surface area (Å²) in [6.07, 6.45) is 0. The molecule has 0 saturated carbocycles. The Balaban J connectivity index is 1.46. The van der Waals surface area contributed by atoms with E-state index in [1.807, 2.05) is 0 Å². The third-order valence-corrected chi connectivity index (χ3v) is 8.59. The number of hydrogen-bond donors (Lipinski definition) is 0. The summed E-state index contributed by atoms with van der Waals surface area (Å²) in [4.78, 5) is 0. The normalized spacial score (nSPS) is 12.2. The van der Waals surface area contributed by atoms with Crippen molar-refractivity contribution in [3.8, 4) is 56.6 Å². The van der Waals surface area contributed by atoms with E-state index in [2.05, 4.69) is 109 Å². The molecule has 0 N–H and O–H groups in total. The molecule has 38 heavy (non-hydrogen) atoms. The molecule has 7 aromatic rings. The molecule has 7 aromatic carbocycles. The third-order valence-electron chi connectivity index (χ3n) is 8.59. The van der Waals surface area contributed by atoms with Crippen molar-refractivity contribution in [3.05, 3.63) is 108 Å². The number of nitriles is 2. The van der Waals surface area contributed by atoms with Gasteiger partial charge in [-0.1, -0.05) is 72.8 Å². The van der Waals surface area contributed by atoms with Gasteiger partial charge in [-0.05, 0) is 90.3 Å². The molecule has 0 atom stereocenters. The largest absolute Gasteiger partial charge is 0.192 e. The van der Waals surface area contributed by atoms with E-state index >= 15 is 0 Å². The minimum Gasteiger partial charge on any atom is -0.192 e. The first-order valence-corrected chi connectivity index (χ1v) is 12.7. The average molecular weight is 477 g/mol. The van der Waals surface area contributed by atoms with Crippen molar-refractivity contribution in [2.24, 2.45) is 0 Å². The monoisotopic (exact) mass is 476 g/mol. The molecule has 2 nitrogen and oxygen atoms in total. The number of fused-ring (bicyclic) bond motifs is 8. The van der Waals surface area contributed by atoms with E-state index in [1.165, 1.54) is 43.8 Å². The van der Waals surface area contributed by atoms with Crippen LogP contribution >= 0.6 is 0 Å². The first kappa shape index (κ1) is 19.7. The molecule has 0 bridgehead atoms. The lowest BCUT2D eigenvalue weighted by molar-refractivity contribution is 1.50. The second kappa shape index (κ2) is 6.65. The van der Waals surface area contributed by atoms with E-state index in [4.69, 9.17) is 0 Å². The van der Waals surface area contributed by atoms with Crippen molar-refractivity contribution < 1.29 is 0 Å². The van der Waals surface area contributed by atoms with Gasteiger partial charge in [0.1, 0.15) is 12.1 Å². The first-order chi connectivity index (χ1) is 18.8. The van der Waals surface area contributed by atoms with Crippen LogP contribution in [-0.2, 0) is 0 Å². The van der Waals surface area contributed by atoms with Gasteiger partial charge in [0.2, 0.25) is 0 Å². The fourth-order valence-corrected chi connectivity index (χ4v) is 7.03. The van der Waals surface area contributed by atoms with E-state index in [0.717, 1.165) is 43.8 Å². The van der Waals surface area contributed by atoms with Gasteiger partial charge in [0.25, 0.3) is 0 Å². The Morgan fingerprint density at radius 1 is 0.368 bits per heavy atom. The van der Waals surface area contributed by atoms with Crippen molar-refractivity contribution >= 4 is 43.1 Å². The summed E-state index contributed by atoms with van der Waals surface area (Å²) in [7, 11) is 0. The molecule has 0 unspecified atom stereocenters. The van der Waals surface area contributed by atoms with Crippen LogP contribution in [0.15, 0.2) is 97.1 Å². The van der Waals surface area contributed by atoms with Crippen LogP contribution in [0.4, 0.5) is 0 Å². The zero-order valence-corrected chi connectivity index (χ0v) is 20.1. The molecule has 0 amide bonds. The molecule has 0 saturated heterocycles. The van der Waals surface area contributed by atoms with Gasteiger partial charge < -0.3 is 0 Å². The lowest BCUT2D eigenvalue weighted by Crippen LogP contribution is -1.93. The van der Waals surface area contributed by atoms with E-state index in [9.17, 15) is 10.5 Å². The van der Waals surface area contributed by atoms with E-state index in [-0.39, 0.29) is 0 Å². The number of benzene rings is 7. The van der Waals surface area contributed by atoms with Crippen molar-refractivity contribution in [2.75, 3.05) is 0 Å². The Kier molecular flexibility index (Phi) is 3.45. The quantitative estimate of drug-likeness (QED) is 0.205. The third kappa shape index (κ3) is 2.18. The maximum Gasteiger partial charge on any atom is 0.100 e. The average Bonchev–Trinajstić information content (AvgIpc) is 3.45. The maximum absolute atomic E-state index is 10.5. The molecule has 0 heterocycles. The second-order valence-electron chi connectivity index (χ2n) is 10.3. The highest BCUT2D eigenvalue weighted by Gasteiger charge is 2.27. The van der Waals surface area contributed by atoms with Gasteiger partial charge in [0.15, 0.2) is 0 Å². The molecule has 0 spiro atoms. The first-order valence-electron chi connectivity index (χ1n) is 12.7. The lowest BCUT2D eigenvalue weighted by Gasteiger charge is -2.14. The summed E-state index contributed by atoms with van der Waals surface area (Å²) in [5.74, 6) is 0. The zero-order chi connectivity index (χ0) is 25.1. The van der Waals surface area contributed by atoms with Crippen LogP contribution in [0.25, 0.3) is 87.6 Å². The van der Waals surface area contributed by atoms with Crippen LogP contribution in [0, 0.1) is 22.7 Å². The number of hydrogen-bond acceptors (Lipinski definition) is 2. The van der Waals surface area contributed by atoms with Crippen molar-refractivity contribution in [1.29, 1.82) is 10.5 Å². The van der Waals surface area contributed by atoms with Crippen LogP contribution in [0.3, 0.4) is 0 Å². The molecule has 0 aromatic heterocycles. The Morgan fingerprint density at radius 2 is 0.658 bits per heavy atom. The number of rotatable bonds is 0.